The summed E-state index contributed by atoms with van der Waals surface area (Å²) in [7, 11) is 0. The minimum Gasteiger partial charge on any atom is -0.380 e. The van der Waals surface area contributed by atoms with E-state index in [-0.39, 0.29) is 18.0 Å². The second kappa shape index (κ2) is 7.72. The van der Waals surface area contributed by atoms with Crippen LogP contribution in [0.2, 0.25) is 5.02 Å². The minimum atomic E-state index is -0.105. The second-order valence-electron chi connectivity index (χ2n) is 4.63. The maximum Gasteiger partial charge on any atom is 0.222 e. The van der Waals surface area contributed by atoms with E-state index in [2.05, 4.69) is 26.6 Å². The van der Waals surface area contributed by atoms with E-state index < -0.39 is 0 Å². The smallest absolute Gasteiger partial charge is 0.222 e. The van der Waals surface area contributed by atoms with Crippen LogP contribution in [0.1, 0.15) is 20.3 Å². The molecule has 19 heavy (non-hydrogen) atoms. The average molecular weight is 349 g/mol. The van der Waals surface area contributed by atoms with Crippen LogP contribution >= 0.6 is 27.5 Å². The highest BCUT2D eigenvalue weighted by Gasteiger charge is 2.13. The van der Waals surface area contributed by atoms with Gasteiger partial charge in [0.15, 0.2) is 0 Å². The first-order valence-electron chi connectivity index (χ1n) is 6.13. The van der Waals surface area contributed by atoms with E-state index in [0.29, 0.717) is 18.0 Å². The molecule has 0 aliphatic rings. The summed E-state index contributed by atoms with van der Waals surface area (Å²) in [5.41, 5.74) is 6.57. The Morgan fingerprint density at radius 1 is 1.47 bits per heavy atom. The molecule has 1 atom stereocenters. The molecule has 0 aliphatic heterocycles. The number of hydrogen-bond acceptors (Lipinski definition) is 3. The molecule has 1 rings (SSSR count). The molecule has 4 nitrogen and oxygen atoms in total. The highest BCUT2D eigenvalue weighted by molar-refractivity contribution is 9.10. The Bertz CT molecular complexity index is 440. The Kier molecular flexibility index (Phi) is 6.62. The van der Waals surface area contributed by atoms with Crippen molar-refractivity contribution in [1.29, 1.82) is 0 Å². The van der Waals surface area contributed by atoms with Crippen LogP contribution in [0.25, 0.3) is 0 Å². The zero-order chi connectivity index (χ0) is 14.4. The van der Waals surface area contributed by atoms with Crippen molar-refractivity contribution in [2.75, 3.05) is 11.9 Å². The van der Waals surface area contributed by atoms with Gasteiger partial charge in [-0.2, -0.15) is 0 Å². The predicted octanol–water partition coefficient (Wildman–Crippen LogP) is 2.76. The number of anilines is 1. The van der Waals surface area contributed by atoms with Gasteiger partial charge in [0.1, 0.15) is 0 Å². The monoisotopic (exact) mass is 347 g/mol. The molecule has 0 aliphatic carbocycles. The van der Waals surface area contributed by atoms with Gasteiger partial charge in [0.05, 0.1) is 5.02 Å². The van der Waals surface area contributed by atoms with Crippen LogP contribution in [0.15, 0.2) is 22.7 Å². The lowest BCUT2D eigenvalue weighted by atomic mass is 10.1. The molecule has 106 valence electrons. The molecule has 1 aromatic carbocycles. The summed E-state index contributed by atoms with van der Waals surface area (Å²) in [5.74, 6) is -0.00835. The molecule has 1 aromatic rings. The lowest BCUT2D eigenvalue weighted by Gasteiger charge is -2.19. The summed E-state index contributed by atoms with van der Waals surface area (Å²) < 4.78 is 0.807. The molecule has 0 bridgehead atoms. The summed E-state index contributed by atoms with van der Waals surface area (Å²) in [5, 5.41) is 6.72. The van der Waals surface area contributed by atoms with Crippen molar-refractivity contribution in [3.63, 3.8) is 0 Å². The van der Waals surface area contributed by atoms with Crippen molar-refractivity contribution in [3.8, 4) is 0 Å². The molecule has 0 fully saturated rings. The zero-order valence-corrected chi connectivity index (χ0v) is 13.4. The van der Waals surface area contributed by atoms with E-state index in [1.165, 1.54) is 0 Å². The SMILES string of the molecule is CC(C)NC(=O)CC(CN)Nc1ccc(Cl)c(Br)c1. The van der Waals surface area contributed by atoms with Crippen LogP contribution in [0.5, 0.6) is 0 Å². The van der Waals surface area contributed by atoms with Gasteiger partial charge in [0, 0.05) is 35.2 Å². The summed E-state index contributed by atoms with van der Waals surface area (Å²) in [6, 6.07) is 5.54. The summed E-state index contributed by atoms with van der Waals surface area (Å²) in [6.45, 7) is 4.24. The van der Waals surface area contributed by atoms with E-state index in [1.807, 2.05) is 26.0 Å². The van der Waals surface area contributed by atoms with Gasteiger partial charge in [0.25, 0.3) is 0 Å². The van der Waals surface area contributed by atoms with Crippen LogP contribution < -0.4 is 16.4 Å². The van der Waals surface area contributed by atoms with E-state index in [9.17, 15) is 4.79 Å². The minimum absolute atomic E-state index is 0.00835. The molecule has 0 spiro atoms. The number of nitrogens with one attached hydrogen (secondary N) is 2. The van der Waals surface area contributed by atoms with Crippen LogP contribution in [-0.2, 0) is 4.79 Å². The Labute approximate surface area is 127 Å². The number of rotatable bonds is 6. The molecule has 0 heterocycles. The van der Waals surface area contributed by atoms with Crippen molar-refractivity contribution >= 4 is 39.1 Å². The average Bonchev–Trinajstić information content (AvgIpc) is 2.32. The number of hydrogen-bond donors (Lipinski definition) is 3. The normalized spacial score (nSPS) is 12.3. The van der Waals surface area contributed by atoms with Gasteiger partial charge in [-0.05, 0) is 48.0 Å². The fourth-order valence-corrected chi connectivity index (χ4v) is 2.12. The lowest BCUT2D eigenvalue weighted by Crippen LogP contribution is -2.38. The maximum atomic E-state index is 11.7. The van der Waals surface area contributed by atoms with E-state index in [1.54, 1.807) is 6.07 Å². The first kappa shape index (κ1) is 16.3. The topological polar surface area (TPSA) is 67.2 Å². The summed E-state index contributed by atoms with van der Waals surface area (Å²) in [4.78, 5) is 11.7. The van der Waals surface area contributed by atoms with Gasteiger partial charge in [0.2, 0.25) is 5.91 Å². The third-order valence-corrected chi connectivity index (χ3v) is 3.67. The van der Waals surface area contributed by atoms with Crippen molar-refractivity contribution in [2.45, 2.75) is 32.4 Å². The number of carbonyl (C=O) groups is 1. The molecular formula is C13H19BrClN3O. The molecule has 0 saturated heterocycles. The molecule has 0 radical (unpaired) electrons. The molecular weight excluding hydrogens is 330 g/mol. The van der Waals surface area contributed by atoms with Gasteiger partial charge in [-0.25, -0.2) is 0 Å². The molecule has 1 unspecified atom stereocenters. The van der Waals surface area contributed by atoms with E-state index in [4.69, 9.17) is 17.3 Å². The molecule has 6 heteroatoms. The van der Waals surface area contributed by atoms with Crippen molar-refractivity contribution in [1.82, 2.24) is 5.32 Å². The first-order chi connectivity index (χ1) is 8.92. The van der Waals surface area contributed by atoms with E-state index in [0.717, 1.165) is 10.2 Å². The number of nitrogens with two attached hydrogens (primary N) is 1. The number of halogens is 2. The first-order valence-corrected chi connectivity index (χ1v) is 7.30. The number of carbonyl (C=O) groups excluding carboxylic acids is 1. The quantitative estimate of drug-likeness (QED) is 0.740. The van der Waals surface area contributed by atoms with Crippen molar-refractivity contribution < 1.29 is 4.79 Å². The fraction of sp³-hybridized carbons (Fsp3) is 0.462. The Morgan fingerprint density at radius 3 is 2.68 bits per heavy atom. The largest absolute Gasteiger partial charge is 0.380 e. The van der Waals surface area contributed by atoms with Crippen LogP contribution in [0.4, 0.5) is 5.69 Å². The van der Waals surface area contributed by atoms with Crippen molar-refractivity contribution in [2.24, 2.45) is 5.73 Å². The second-order valence-corrected chi connectivity index (χ2v) is 5.89. The summed E-state index contributed by atoms with van der Waals surface area (Å²) >= 11 is 9.29. The number of benzene rings is 1. The Morgan fingerprint density at radius 2 is 2.16 bits per heavy atom. The number of amides is 1. The third-order valence-electron chi connectivity index (χ3n) is 2.46. The van der Waals surface area contributed by atoms with Crippen LogP contribution in [-0.4, -0.2) is 24.5 Å². The molecule has 0 saturated carbocycles. The van der Waals surface area contributed by atoms with Crippen LogP contribution in [0, 0.1) is 0 Å². The van der Waals surface area contributed by atoms with Gasteiger partial charge in [-0.1, -0.05) is 11.6 Å². The van der Waals surface area contributed by atoms with Gasteiger partial charge < -0.3 is 16.4 Å². The molecule has 4 N–H and O–H groups in total. The van der Waals surface area contributed by atoms with Crippen LogP contribution in [0.3, 0.4) is 0 Å². The maximum absolute atomic E-state index is 11.7. The highest BCUT2D eigenvalue weighted by atomic mass is 79.9. The third kappa shape index (κ3) is 5.80. The molecule has 0 aromatic heterocycles. The van der Waals surface area contributed by atoms with Crippen molar-refractivity contribution in [3.05, 3.63) is 27.7 Å². The standard InChI is InChI=1S/C13H19BrClN3O/c1-8(2)17-13(19)6-10(7-16)18-9-3-4-12(15)11(14)5-9/h3-5,8,10,18H,6-7,16H2,1-2H3,(H,17,19). The Hall–Kier alpha value is -0.780. The zero-order valence-electron chi connectivity index (χ0n) is 11.0. The Balaban J connectivity index is 2.61. The highest BCUT2D eigenvalue weighted by Crippen LogP contribution is 2.25. The summed E-state index contributed by atoms with van der Waals surface area (Å²) in [6.07, 6.45) is 0.342. The van der Waals surface area contributed by atoms with Gasteiger partial charge >= 0.3 is 0 Å². The van der Waals surface area contributed by atoms with E-state index >= 15 is 0 Å². The predicted molar refractivity (Wildman–Crippen MR) is 83.5 cm³/mol. The fourth-order valence-electron chi connectivity index (χ4n) is 1.62. The molecule has 1 amide bonds. The lowest BCUT2D eigenvalue weighted by molar-refractivity contribution is -0.121. The van der Waals surface area contributed by atoms with Gasteiger partial charge in [-0.15, -0.1) is 0 Å². The van der Waals surface area contributed by atoms with Gasteiger partial charge in [-0.3, -0.25) is 4.79 Å².